The summed E-state index contributed by atoms with van der Waals surface area (Å²) in [6.45, 7) is 0. The van der Waals surface area contributed by atoms with Gasteiger partial charge >= 0.3 is 5.97 Å². The first-order valence-electron chi connectivity index (χ1n) is 5.58. The Hall–Kier alpha value is -2.47. The Morgan fingerprint density at radius 3 is 2.50 bits per heavy atom. The number of halogens is 1. The molecule has 0 unspecified atom stereocenters. The fraction of sp³-hybridized carbons (Fsp3) is 0.0769. The van der Waals surface area contributed by atoms with Crippen molar-refractivity contribution in [1.29, 1.82) is 0 Å². The smallest absolute Gasteiger partial charge is 0.337 e. The normalized spacial score (nSPS) is 10.1. The van der Waals surface area contributed by atoms with Crippen LogP contribution in [0.15, 0.2) is 30.5 Å². The lowest BCUT2D eigenvalue weighted by Crippen LogP contribution is -2.02. The number of nitrogens with zero attached hydrogens (tertiary/aromatic N) is 1. The van der Waals surface area contributed by atoms with Gasteiger partial charge in [0.25, 0.3) is 0 Å². The van der Waals surface area contributed by atoms with Crippen molar-refractivity contribution >= 4 is 29.1 Å². The van der Waals surface area contributed by atoms with Gasteiger partial charge in [-0.3, -0.25) is 0 Å². The number of benzene rings is 1. The minimum absolute atomic E-state index is 0.135. The number of ether oxygens (including phenoxy) is 2. The van der Waals surface area contributed by atoms with Gasteiger partial charge in [0.15, 0.2) is 11.6 Å². The molecule has 1 aromatic carbocycles. The van der Waals surface area contributed by atoms with E-state index in [0.29, 0.717) is 11.3 Å². The lowest BCUT2D eigenvalue weighted by Gasteiger charge is -2.11. The van der Waals surface area contributed by atoms with E-state index in [1.165, 1.54) is 13.3 Å². The summed E-state index contributed by atoms with van der Waals surface area (Å²) in [5.74, 6) is 0.389. The Balaban J connectivity index is 2.27. The quantitative estimate of drug-likeness (QED) is 0.843. The van der Waals surface area contributed by atoms with E-state index in [0.717, 1.165) is 0 Å². The number of hydrogen-bond donors (Lipinski definition) is 2. The standard InChI is InChI=1S/C13H12ClN3O3/c1-19-13(18)7-2-4-8(5-3-7)20-11-9(14)6-17-12(16)10(11)15/h2-6H,15H2,1H3,(H2,16,17). The van der Waals surface area contributed by atoms with Crippen molar-refractivity contribution in [3.05, 3.63) is 41.0 Å². The van der Waals surface area contributed by atoms with Crippen LogP contribution in [-0.2, 0) is 4.74 Å². The van der Waals surface area contributed by atoms with Crippen molar-refractivity contribution in [1.82, 2.24) is 4.98 Å². The number of carbonyl (C=O) groups excluding carboxylic acids is 1. The molecule has 0 saturated carbocycles. The number of anilines is 2. The van der Waals surface area contributed by atoms with E-state index >= 15 is 0 Å². The van der Waals surface area contributed by atoms with E-state index in [1.54, 1.807) is 24.3 Å². The second kappa shape index (κ2) is 5.66. The number of rotatable bonds is 3. The van der Waals surface area contributed by atoms with E-state index in [2.05, 4.69) is 9.72 Å². The largest absolute Gasteiger partial charge is 0.465 e. The number of hydrogen-bond acceptors (Lipinski definition) is 6. The summed E-state index contributed by atoms with van der Waals surface area (Å²) in [6.07, 6.45) is 1.35. The molecule has 0 saturated heterocycles. The molecule has 0 fully saturated rings. The maximum Gasteiger partial charge on any atom is 0.337 e. The molecule has 1 aromatic heterocycles. The molecule has 0 radical (unpaired) electrons. The summed E-state index contributed by atoms with van der Waals surface area (Å²) in [6, 6.07) is 6.32. The zero-order chi connectivity index (χ0) is 14.7. The van der Waals surface area contributed by atoms with E-state index < -0.39 is 5.97 Å². The Labute approximate surface area is 120 Å². The highest BCUT2D eigenvalue weighted by Crippen LogP contribution is 2.36. The van der Waals surface area contributed by atoms with Gasteiger partial charge in [0.2, 0.25) is 0 Å². The summed E-state index contributed by atoms with van der Waals surface area (Å²) in [5.41, 5.74) is 11.9. The zero-order valence-electron chi connectivity index (χ0n) is 10.6. The molecular weight excluding hydrogens is 282 g/mol. The lowest BCUT2D eigenvalue weighted by molar-refractivity contribution is 0.0600. The molecule has 104 valence electrons. The zero-order valence-corrected chi connectivity index (χ0v) is 11.3. The van der Waals surface area contributed by atoms with Crippen LogP contribution in [0.1, 0.15) is 10.4 Å². The van der Waals surface area contributed by atoms with Crippen LogP contribution in [0.4, 0.5) is 11.5 Å². The highest BCUT2D eigenvalue weighted by atomic mass is 35.5. The van der Waals surface area contributed by atoms with Gasteiger partial charge in [-0.2, -0.15) is 0 Å². The fourth-order valence-electron chi connectivity index (χ4n) is 1.50. The monoisotopic (exact) mass is 293 g/mol. The molecule has 2 aromatic rings. The Morgan fingerprint density at radius 2 is 1.90 bits per heavy atom. The van der Waals surface area contributed by atoms with Gasteiger partial charge < -0.3 is 20.9 Å². The summed E-state index contributed by atoms with van der Waals surface area (Å²) >= 11 is 5.96. The Bertz CT molecular complexity index is 644. The predicted molar refractivity (Wildman–Crippen MR) is 75.9 cm³/mol. The van der Waals surface area contributed by atoms with Crippen molar-refractivity contribution in [2.75, 3.05) is 18.6 Å². The summed E-state index contributed by atoms with van der Waals surface area (Å²) in [4.78, 5) is 15.1. The van der Waals surface area contributed by atoms with E-state index in [-0.39, 0.29) is 22.3 Å². The molecular formula is C13H12ClN3O3. The lowest BCUT2D eigenvalue weighted by atomic mass is 10.2. The number of methoxy groups -OCH3 is 1. The molecule has 0 aliphatic heterocycles. The molecule has 6 nitrogen and oxygen atoms in total. The van der Waals surface area contributed by atoms with Gasteiger partial charge in [0, 0.05) is 0 Å². The summed E-state index contributed by atoms with van der Waals surface area (Å²) in [7, 11) is 1.31. The average Bonchev–Trinajstić information content (AvgIpc) is 2.47. The van der Waals surface area contributed by atoms with Crippen LogP contribution >= 0.6 is 11.6 Å². The number of nitrogens with two attached hydrogens (primary N) is 2. The Kier molecular flexibility index (Phi) is 3.95. The van der Waals surface area contributed by atoms with Crippen LogP contribution in [-0.4, -0.2) is 18.1 Å². The van der Waals surface area contributed by atoms with E-state index in [1.807, 2.05) is 0 Å². The molecule has 0 bridgehead atoms. The third-order valence-electron chi connectivity index (χ3n) is 2.55. The molecule has 7 heteroatoms. The molecule has 0 spiro atoms. The molecule has 20 heavy (non-hydrogen) atoms. The van der Waals surface area contributed by atoms with Crippen molar-refractivity contribution in [2.24, 2.45) is 0 Å². The molecule has 2 rings (SSSR count). The molecule has 4 N–H and O–H groups in total. The fourth-order valence-corrected chi connectivity index (χ4v) is 1.69. The molecule has 0 amide bonds. The molecule has 1 heterocycles. The number of esters is 1. The van der Waals surface area contributed by atoms with Crippen molar-refractivity contribution in [3.63, 3.8) is 0 Å². The first kappa shape index (κ1) is 14.0. The van der Waals surface area contributed by atoms with Gasteiger partial charge in [-0.25, -0.2) is 9.78 Å². The number of pyridine rings is 1. The first-order chi connectivity index (χ1) is 9.52. The highest BCUT2D eigenvalue weighted by molar-refractivity contribution is 6.32. The van der Waals surface area contributed by atoms with Crippen molar-refractivity contribution < 1.29 is 14.3 Å². The van der Waals surface area contributed by atoms with Crippen LogP contribution < -0.4 is 16.2 Å². The molecule has 0 atom stereocenters. The molecule has 0 aliphatic carbocycles. The number of aromatic nitrogens is 1. The van der Waals surface area contributed by atoms with Gasteiger partial charge in [-0.15, -0.1) is 0 Å². The van der Waals surface area contributed by atoms with Crippen LogP contribution in [0.2, 0.25) is 5.02 Å². The SMILES string of the molecule is COC(=O)c1ccc(Oc2c(Cl)cnc(N)c2N)cc1. The number of carbonyl (C=O) groups is 1. The maximum absolute atomic E-state index is 11.3. The van der Waals surface area contributed by atoms with Crippen LogP contribution in [0.25, 0.3) is 0 Å². The number of nitrogen functional groups attached to an aromatic ring is 2. The van der Waals surface area contributed by atoms with Crippen molar-refractivity contribution in [2.45, 2.75) is 0 Å². The second-order valence-electron chi connectivity index (χ2n) is 3.85. The topological polar surface area (TPSA) is 100 Å². The average molecular weight is 294 g/mol. The van der Waals surface area contributed by atoms with Crippen LogP contribution in [0.3, 0.4) is 0 Å². The Morgan fingerprint density at radius 1 is 1.25 bits per heavy atom. The highest BCUT2D eigenvalue weighted by Gasteiger charge is 2.12. The second-order valence-corrected chi connectivity index (χ2v) is 4.26. The van der Waals surface area contributed by atoms with Gasteiger partial charge in [0.05, 0.1) is 18.9 Å². The minimum Gasteiger partial charge on any atom is -0.465 e. The van der Waals surface area contributed by atoms with Crippen LogP contribution in [0, 0.1) is 0 Å². The summed E-state index contributed by atoms with van der Waals surface area (Å²) < 4.78 is 10.2. The predicted octanol–water partition coefficient (Wildman–Crippen LogP) is 2.48. The van der Waals surface area contributed by atoms with Crippen LogP contribution in [0.5, 0.6) is 11.5 Å². The molecule has 0 aliphatic rings. The third kappa shape index (κ3) is 2.75. The van der Waals surface area contributed by atoms with Gasteiger partial charge in [-0.1, -0.05) is 11.6 Å². The maximum atomic E-state index is 11.3. The third-order valence-corrected chi connectivity index (χ3v) is 2.82. The van der Waals surface area contributed by atoms with E-state index in [4.69, 9.17) is 27.8 Å². The minimum atomic E-state index is -0.428. The van der Waals surface area contributed by atoms with Crippen molar-refractivity contribution in [3.8, 4) is 11.5 Å². The van der Waals surface area contributed by atoms with Gasteiger partial charge in [-0.05, 0) is 24.3 Å². The first-order valence-corrected chi connectivity index (χ1v) is 5.96. The van der Waals surface area contributed by atoms with E-state index in [9.17, 15) is 4.79 Å². The van der Waals surface area contributed by atoms with Gasteiger partial charge in [0.1, 0.15) is 16.5 Å². The summed E-state index contributed by atoms with van der Waals surface area (Å²) in [5, 5.41) is 0.244.